The van der Waals surface area contributed by atoms with Crippen LogP contribution in [0.1, 0.15) is 72.6 Å². The Balaban J connectivity index is 1.28. The molecule has 0 bridgehead atoms. The van der Waals surface area contributed by atoms with Crippen LogP contribution < -0.4 is 0 Å². The molecule has 2 aliphatic rings. The average molecular weight is 631 g/mol. The largest absolute Gasteiger partial charge is 0.508 e. The van der Waals surface area contributed by atoms with E-state index in [1.165, 1.54) is 6.07 Å². The van der Waals surface area contributed by atoms with Crippen molar-refractivity contribution in [2.24, 2.45) is 0 Å². The van der Waals surface area contributed by atoms with Crippen LogP contribution in [0.5, 0.6) is 5.75 Å². The molecule has 3 aromatic rings. The van der Waals surface area contributed by atoms with E-state index in [0.717, 1.165) is 62.3 Å². The second kappa shape index (κ2) is 15.7. The van der Waals surface area contributed by atoms with Gasteiger partial charge in [-0.05, 0) is 86.3 Å². The third-order valence-corrected chi connectivity index (χ3v) is 9.43. The fraction of sp³-hybridized carbons (Fsp3) is 0.459. The van der Waals surface area contributed by atoms with Crippen LogP contribution >= 0.6 is 0 Å². The topological polar surface area (TPSA) is 87.6 Å². The number of hydrogen-bond donors (Lipinski definition) is 2. The van der Waals surface area contributed by atoms with Crippen LogP contribution in [-0.4, -0.2) is 99.6 Å². The highest BCUT2D eigenvalue weighted by molar-refractivity contribution is 5.94. The van der Waals surface area contributed by atoms with Gasteiger partial charge < -0.3 is 15.1 Å². The van der Waals surface area contributed by atoms with Crippen molar-refractivity contribution in [2.45, 2.75) is 64.2 Å². The van der Waals surface area contributed by atoms with Gasteiger partial charge in [-0.25, -0.2) is 4.39 Å². The van der Waals surface area contributed by atoms with Gasteiger partial charge in [0.1, 0.15) is 11.6 Å². The van der Waals surface area contributed by atoms with E-state index in [1.807, 2.05) is 47.4 Å². The molecule has 9 heteroatoms. The Labute approximate surface area is 272 Å². The normalized spacial score (nSPS) is 20.5. The highest BCUT2D eigenvalue weighted by Crippen LogP contribution is 2.35. The molecule has 3 atom stereocenters. The summed E-state index contributed by atoms with van der Waals surface area (Å²) in [6, 6.07) is 22.4. The van der Waals surface area contributed by atoms with Crippen LogP contribution in [-0.2, 0) is 11.3 Å². The Morgan fingerprint density at radius 1 is 0.848 bits per heavy atom. The van der Waals surface area contributed by atoms with Gasteiger partial charge in [0.2, 0.25) is 0 Å². The molecule has 2 saturated heterocycles. The van der Waals surface area contributed by atoms with Gasteiger partial charge in [0, 0.05) is 69.9 Å². The van der Waals surface area contributed by atoms with Gasteiger partial charge in [0.15, 0.2) is 0 Å². The second-order valence-corrected chi connectivity index (χ2v) is 12.9. The molecule has 0 aromatic heterocycles. The Kier molecular flexibility index (Phi) is 11.4. The molecule has 0 radical (unpaired) electrons. The number of piperazine rings is 2. The molecule has 0 spiro atoms. The number of carboxylic acids is 1. The van der Waals surface area contributed by atoms with Gasteiger partial charge in [-0.3, -0.25) is 24.3 Å². The van der Waals surface area contributed by atoms with E-state index in [-0.39, 0.29) is 42.0 Å². The predicted octanol–water partition coefficient (Wildman–Crippen LogP) is 5.62. The number of hydrogen-bond acceptors (Lipinski definition) is 6. The molecular formula is C37H47FN4O4. The Bertz CT molecular complexity index is 1480. The first-order chi connectivity index (χ1) is 22.2. The molecule has 246 valence electrons. The zero-order valence-electron chi connectivity index (χ0n) is 27.0. The van der Waals surface area contributed by atoms with Gasteiger partial charge in [0.05, 0.1) is 6.04 Å². The number of aromatic hydroxyl groups is 1. The molecule has 1 amide bonds. The molecule has 0 unspecified atom stereocenters. The Morgan fingerprint density at radius 3 is 2.28 bits per heavy atom. The van der Waals surface area contributed by atoms with Crippen LogP contribution in [0, 0.1) is 5.82 Å². The number of amides is 1. The number of rotatable bonds is 12. The zero-order valence-corrected chi connectivity index (χ0v) is 27.0. The Hall–Kier alpha value is -3.79. The SMILES string of the molecule is C[C@@H]1CN([C@@H](c2cccc(O)c2)c2cccc(C(=O)N3CCN(CCCCCC(=O)O)CC3)c2)[C@@H](C)CN1Cc1cccc(F)c1. The van der Waals surface area contributed by atoms with Crippen molar-refractivity contribution in [3.63, 3.8) is 0 Å². The van der Waals surface area contributed by atoms with Crippen LogP contribution in [0.3, 0.4) is 0 Å². The number of nitrogens with zero attached hydrogens (tertiary/aromatic N) is 4. The van der Waals surface area contributed by atoms with E-state index in [4.69, 9.17) is 5.11 Å². The van der Waals surface area contributed by atoms with Crippen molar-refractivity contribution in [1.29, 1.82) is 0 Å². The van der Waals surface area contributed by atoms with Gasteiger partial charge in [-0.15, -0.1) is 0 Å². The quantitative estimate of drug-likeness (QED) is 0.251. The van der Waals surface area contributed by atoms with Crippen molar-refractivity contribution in [3.05, 3.63) is 101 Å². The molecule has 2 fully saturated rings. The zero-order chi connectivity index (χ0) is 32.6. The second-order valence-electron chi connectivity index (χ2n) is 12.9. The molecule has 0 saturated carbocycles. The van der Waals surface area contributed by atoms with Gasteiger partial charge in [-0.2, -0.15) is 0 Å². The van der Waals surface area contributed by atoms with Crippen LogP contribution in [0.2, 0.25) is 0 Å². The van der Waals surface area contributed by atoms with Crippen LogP contribution in [0.4, 0.5) is 4.39 Å². The lowest BCUT2D eigenvalue weighted by Crippen LogP contribution is -2.56. The number of benzene rings is 3. The van der Waals surface area contributed by atoms with Crippen LogP contribution in [0.25, 0.3) is 0 Å². The minimum absolute atomic E-state index is 0.0268. The summed E-state index contributed by atoms with van der Waals surface area (Å²) in [6.07, 6.45) is 2.79. The predicted molar refractivity (Wildman–Crippen MR) is 177 cm³/mol. The molecule has 2 N–H and O–H groups in total. The molecule has 8 nitrogen and oxygen atoms in total. The highest BCUT2D eigenvalue weighted by Gasteiger charge is 2.35. The lowest BCUT2D eigenvalue weighted by atomic mass is 9.92. The number of aliphatic carboxylic acids is 1. The number of carbonyl (C=O) groups excluding carboxylic acids is 1. The molecule has 0 aliphatic carbocycles. The van der Waals surface area contributed by atoms with Gasteiger partial charge in [-0.1, -0.05) is 42.8 Å². The summed E-state index contributed by atoms with van der Waals surface area (Å²) >= 11 is 0. The number of phenols is 1. The standard InChI is InChI=1S/C37H47FN4O4/c1-27-25-42(28(2)24-41(27)26-29-9-6-13-33(38)21-29)36(31-11-8-14-34(43)23-31)30-10-7-12-32(22-30)37(46)40-19-17-39(18-20-40)16-5-3-4-15-35(44)45/h6-14,21-23,27-28,36,43H,3-5,15-20,24-26H2,1-2H3,(H,44,45)/t27-,28+,36-/m1/s1. The summed E-state index contributed by atoms with van der Waals surface area (Å²) in [5.41, 5.74) is 3.60. The first kappa shape index (κ1) is 33.6. The number of carbonyl (C=O) groups is 2. The molecule has 5 rings (SSSR count). The molecule has 2 heterocycles. The highest BCUT2D eigenvalue weighted by atomic mass is 19.1. The van der Waals surface area contributed by atoms with Gasteiger partial charge >= 0.3 is 5.97 Å². The number of carboxylic acid groups (broad SMARTS) is 1. The van der Waals surface area contributed by atoms with Crippen LogP contribution in [0.15, 0.2) is 72.8 Å². The lowest BCUT2D eigenvalue weighted by Gasteiger charge is -2.47. The number of phenolic OH excluding ortho intramolecular Hbond substituents is 1. The molecular weight excluding hydrogens is 583 g/mol. The van der Waals surface area contributed by atoms with Crippen molar-refractivity contribution >= 4 is 11.9 Å². The van der Waals surface area contributed by atoms with E-state index in [1.54, 1.807) is 18.2 Å². The molecule has 3 aromatic carbocycles. The van der Waals surface area contributed by atoms with Crippen molar-refractivity contribution < 1.29 is 24.2 Å². The summed E-state index contributed by atoms with van der Waals surface area (Å²) in [5, 5.41) is 19.3. The maximum absolute atomic E-state index is 13.9. The smallest absolute Gasteiger partial charge is 0.303 e. The average Bonchev–Trinajstić information content (AvgIpc) is 3.03. The van der Waals surface area contributed by atoms with E-state index in [9.17, 15) is 19.1 Å². The van der Waals surface area contributed by atoms with Crippen molar-refractivity contribution in [2.75, 3.05) is 45.8 Å². The summed E-state index contributed by atoms with van der Waals surface area (Å²) in [7, 11) is 0. The van der Waals surface area contributed by atoms with E-state index < -0.39 is 5.97 Å². The van der Waals surface area contributed by atoms with Crippen molar-refractivity contribution in [1.82, 2.24) is 19.6 Å². The Morgan fingerprint density at radius 2 is 1.57 bits per heavy atom. The first-order valence-corrected chi connectivity index (χ1v) is 16.5. The molecule has 46 heavy (non-hydrogen) atoms. The minimum Gasteiger partial charge on any atom is -0.508 e. The number of halogens is 1. The molecule has 2 aliphatic heterocycles. The van der Waals surface area contributed by atoms with E-state index >= 15 is 0 Å². The third kappa shape index (κ3) is 8.72. The minimum atomic E-state index is -0.742. The fourth-order valence-corrected chi connectivity index (χ4v) is 6.93. The summed E-state index contributed by atoms with van der Waals surface area (Å²) in [6.45, 7) is 10.5. The summed E-state index contributed by atoms with van der Waals surface area (Å²) in [4.78, 5) is 33.6. The third-order valence-electron chi connectivity index (χ3n) is 9.43. The summed E-state index contributed by atoms with van der Waals surface area (Å²) in [5.74, 6) is -0.727. The maximum atomic E-state index is 13.9. The number of unbranched alkanes of at least 4 members (excludes halogenated alkanes) is 2. The van der Waals surface area contributed by atoms with Gasteiger partial charge in [0.25, 0.3) is 5.91 Å². The lowest BCUT2D eigenvalue weighted by molar-refractivity contribution is -0.137. The van der Waals surface area contributed by atoms with Crippen molar-refractivity contribution in [3.8, 4) is 5.75 Å². The van der Waals surface area contributed by atoms with E-state index in [0.29, 0.717) is 31.6 Å². The maximum Gasteiger partial charge on any atom is 0.303 e. The van der Waals surface area contributed by atoms with E-state index in [2.05, 4.69) is 34.6 Å². The summed E-state index contributed by atoms with van der Waals surface area (Å²) < 4.78 is 13.9. The monoisotopic (exact) mass is 630 g/mol. The fourth-order valence-electron chi connectivity index (χ4n) is 6.93. The first-order valence-electron chi connectivity index (χ1n) is 16.5.